The van der Waals surface area contributed by atoms with E-state index in [1.165, 1.54) is 42.6 Å². The first kappa shape index (κ1) is 18.0. The summed E-state index contributed by atoms with van der Waals surface area (Å²) in [6.07, 6.45) is 3.71. The molecule has 26 heavy (non-hydrogen) atoms. The summed E-state index contributed by atoms with van der Waals surface area (Å²) in [4.78, 5) is 2.60. The average molecular weight is 370 g/mol. The number of rotatable bonds is 4. The Labute approximate surface area is 161 Å². The van der Waals surface area contributed by atoms with Crippen LogP contribution in [0.3, 0.4) is 0 Å². The van der Waals surface area contributed by atoms with Crippen LogP contribution in [0.2, 0.25) is 5.02 Å². The third-order valence-electron chi connectivity index (χ3n) is 5.93. The number of hydrogen-bond acceptors (Lipinski definition) is 3. The molecule has 2 N–H and O–H groups in total. The first-order valence-electron chi connectivity index (χ1n) is 9.72. The van der Waals surface area contributed by atoms with Crippen LogP contribution in [0.15, 0.2) is 48.5 Å². The lowest BCUT2D eigenvalue weighted by atomic mass is 9.86. The van der Waals surface area contributed by atoms with Crippen molar-refractivity contribution in [3.8, 4) is 0 Å². The molecule has 3 nitrogen and oxygen atoms in total. The van der Waals surface area contributed by atoms with Crippen molar-refractivity contribution in [1.29, 1.82) is 0 Å². The molecule has 2 aromatic rings. The Kier molecular flexibility index (Phi) is 5.60. The van der Waals surface area contributed by atoms with E-state index in [0.717, 1.165) is 23.9 Å². The molecule has 2 unspecified atom stereocenters. The van der Waals surface area contributed by atoms with Gasteiger partial charge in [0.15, 0.2) is 0 Å². The molecule has 2 aliphatic heterocycles. The maximum absolute atomic E-state index is 6.01. The molecule has 0 aliphatic carbocycles. The average Bonchev–Trinajstić information content (AvgIpc) is 3.15. The van der Waals surface area contributed by atoms with Crippen LogP contribution in [0.4, 0.5) is 0 Å². The normalized spacial score (nSPS) is 24.8. The highest BCUT2D eigenvalue weighted by Gasteiger charge is 2.33. The van der Waals surface area contributed by atoms with E-state index in [2.05, 4.69) is 59.1 Å². The molecule has 0 bridgehead atoms. The Bertz CT molecular complexity index is 705. The molecule has 2 atom stereocenters. The van der Waals surface area contributed by atoms with Crippen molar-refractivity contribution in [2.24, 2.45) is 5.92 Å². The lowest BCUT2D eigenvalue weighted by Crippen LogP contribution is -2.42. The van der Waals surface area contributed by atoms with Gasteiger partial charge in [-0.1, -0.05) is 53.6 Å². The van der Waals surface area contributed by atoms with Crippen molar-refractivity contribution in [2.75, 3.05) is 13.1 Å². The Hall–Kier alpha value is -1.39. The minimum Gasteiger partial charge on any atom is -0.299 e. The van der Waals surface area contributed by atoms with Crippen LogP contribution in [0.5, 0.6) is 0 Å². The minimum atomic E-state index is 0.392. The zero-order valence-corrected chi connectivity index (χ0v) is 16.2. The first-order valence-corrected chi connectivity index (χ1v) is 10.1. The molecular weight excluding hydrogens is 342 g/mol. The van der Waals surface area contributed by atoms with Gasteiger partial charge in [0, 0.05) is 23.7 Å². The number of piperidine rings is 1. The summed E-state index contributed by atoms with van der Waals surface area (Å²) in [6.45, 7) is 5.62. The summed E-state index contributed by atoms with van der Waals surface area (Å²) in [6, 6.07) is 18.1. The highest BCUT2D eigenvalue weighted by Crippen LogP contribution is 2.31. The number of hydrogen-bond donors (Lipinski definition) is 2. The number of aryl methyl sites for hydroxylation is 1. The topological polar surface area (TPSA) is 27.3 Å². The van der Waals surface area contributed by atoms with Gasteiger partial charge in [0.1, 0.15) is 0 Å². The van der Waals surface area contributed by atoms with Crippen molar-refractivity contribution in [2.45, 2.75) is 44.8 Å². The van der Waals surface area contributed by atoms with Crippen LogP contribution >= 0.6 is 11.6 Å². The van der Waals surface area contributed by atoms with Crippen molar-refractivity contribution in [3.63, 3.8) is 0 Å². The van der Waals surface area contributed by atoms with Crippen molar-refractivity contribution in [1.82, 2.24) is 15.8 Å². The molecule has 0 spiro atoms. The lowest BCUT2D eigenvalue weighted by Gasteiger charge is -2.34. The molecule has 0 radical (unpaired) electrons. The molecule has 138 valence electrons. The van der Waals surface area contributed by atoms with E-state index in [-0.39, 0.29) is 0 Å². The standard InChI is InChI=1S/C22H28ClN3/c1-16-2-4-17(5-3-16)15-26-12-10-19(11-13-26)22-14-21(24-25-22)18-6-8-20(23)9-7-18/h2-9,19,21-22,24-25H,10-15H2,1H3. The Balaban J connectivity index is 1.27. The molecular formula is C22H28ClN3. The zero-order chi connectivity index (χ0) is 17.9. The molecule has 4 heteroatoms. The van der Waals surface area contributed by atoms with Gasteiger partial charge in [-0.15, -0.1) is 0 Å². The molecule has 0 aromatic heterocycles. The zero-order valence-electron chi connectivity index (χ0n) is 15.4. The monoisotopic (exact) mass is 369 g/mol. The molecule has 0 saturated carbocycles. The number of benzene rings is 2. The second kappa shape index (κ2) is 8.10. The second-order valence-corrected chi connectivity index (χ2v) is 8.27. The number of nitrogens with one attached hydrogen (secondary N) is 2. The van der Waals surface area contributed by atoms with Gasteiger partial charge < -0.3 is 0 Å². The molecule has 2 aliphatic rings. The fourth-order valence-electron chi connectivity index (χ4n) is 4.27. The van der Waals surface area contributed by atoms with Crippen LogP contribution in [0.1, 0.15) is 42.0 Å². The van der Waals surface area contributed by atoms with Crippen LogP contribution in [-0.4, -0.2) is 24.0 Å². The lowest BCUT2D eigenvalue weighted by molar-refractivity contribution is 0.155. The van der Waals surface area contributed by atoms with E-state index in [4.69, 9.17) is 11.6 Å². The third-order valence-corrected chi connectivity index (χ3v) is 6.19. The van der Waals surface area contributed by atoms with E-state index in [9.17, 15) is 0 Å². The van der Waals surface area contributed by atoms with Crippen LogP contribution in [-0.2, 0) is 6.54 Å². The van der Waals surface area contributed by atoms with Crippen molar-refractivity contribution in [3.05, 3.63) is 70.2 Å². The number of halogens is 1. The van der Waals surface area contributed by atoms with Crippen molar-refractivity contribution >= 4 is 11.6 Å². The summed E-state index contributed by atoms with van der Waals surface area (Å²) in [5.74, 6) is 0.758. The molecule has 2 heterocycles. The highest BCUT2D eigenvalue weighted by molar-refractivity contribution is 6.30. The quantitative estimate of drug-likeness (QED) is 0.832. The SMILES string of the molecule is Cc1ccc(CN2CCC(C3CC(c4ccc(Cl)cc4)NN3)CC2)cc1. The maximum Gasteiger partial charge on any atom is 0.0477 e. The largest absolute Gasteiger partial charge is 0.299 e. The maximum atomic E-state index is 6.01. The van der Waals surface area contributed by atoms with Gasteiger partial charge in [-0.25, -0.2) is 0 Å². The minimum absolute atomic E-state index is 0.392. The summed E-state index contributed by atoms with van der Waals surface area (Å²) in [5.41, 5.74) is 11.1. The van der Waals surface area contributed by atoms with E-state index < -0.39 is 0 Å². The molecule has 0 amide bonds. The molecule has 4 rings (SSSR count). The van der Waals surface area contributed by atoms with Crippen LogP contribution < -0.4 is 10.9 Å². The number of nitrogens with zero attached hydrogens (tertiary/aromatic N) is 1. The Morgan fingerprint density at radius 2 is 1.65 bits per heavy atom. The van der Waals surface area contributed by atoms with E-state index in [1.807, 2.05) is 12.1 Å². The summed E-state index contributed by atoms with van der Waals surface area (Å²) >= 11 is 6.01. The number of hydrazine groups is 1. The van der Waals surface area contributed by atoms with Gasteiger partial charge in [0.2, 0.25) is 0 Å². The summed E-state index contributed by atoms with van der Waals surface area (Å²) < 4.78 is 0. The summed E-state index contributed by atoms with van der Waals surface area (Å²) in [7, 11) is 0. The van der Waals surface area contributed by atoms with E-state index >= 15 is 0 Å². The highest BCUT2D eigenvalue weighted by atomic mass is 35.5. The molecule has 2 fully saturated rings. The van der Waals surface area contributed by atoms with Crippen LogP contribution in [0, 0.1) is 12.8 Å². The van der Waals surface area contributed by atoms with Gasteiger partial charge in [0.05, 0.1) is 0 Å². The van der Waals surface area contributed by atoms with Gasteiger partial charge in [-0.2, -0.15) is 0 Å². The van der Waals surface area contributed by atoms with Gasteiger partial charge >= 0.3 is 0 Å². The smallest absolute Gasteiger partial charge is 0.0477 e. The predicted molar refractivity (Wildman–Crippen MR) is 108 cm³/mol. The summed E-state index contributed by atoms with van der Waals surface area (Å²) in [5, 5.41) is 0.803. The number of likely N-dealkylation sites (tertiary alicyclic amines) is 1. The van der Waals surface area contributed by atoms with E-state index in [0.29, 0.717) is 12.1 Å². The fourth-order valence-corrected chi connectivity index (χ4v) is 4.40. The fraction of sp³-hybridized carbons (Fsp3) is 0.455. The molecule has 2 saturated heterocycles. The van der Waals surface area contributed by atoms with E-state index in [1.54, 1.807) is 0 Å². The van der Waals surface area contributed by atoms with Gasteiger partial charge in [0.25, 0.3) is 0 Å². The van der Waals surface area contributed by atoms with Crippen molar-refractivity contribution < 1.29 is 0 Å². The Morgan fingerprint density at radius 1 is 0.962 bits per heavy atom. The first-order chi connectivity index (χ1) is 12.7. The van der Waals surface area contributed by atoms with Gasteiger partial charge in [-0.05, 0) is 68.5 Å². The Morgan fingerprint density at radius 3 is 2.35 bits per heavy atom. The predicted octanol–water partition coefficient (Wildman–Crippen LogP) is 4.47. The second-order valence-electron chi connectivity index (χ2n) is 7.83. The third kappa shape index (κ3) is 4.29. The van der Waals surface area contributed by atoms with Crippen LogP contribution in [0.25, 0.3) is 0 Å². The van der Waals surface area contributed by atoms with Gasteiger partial charge in [-0.3, -0.25) is 15.8 Å². The molecule has 2 aromatic carbocycles.